The van der Waals surface area contributed by atoms with Crippen LogP contribution in [0.4, 0.5) is 34.1 Å². The molecule has 0 saturated heterocycles. The molecule has 0 radical (unpaired) electrons. The number of nitrogens with zero attached hydrogens (tertiary/aromatic N) is 2. The summed E-state index contributed by atoms with van der Waals surface area (Å²) in [6.45, 7) is 4.68. The zero-order valence-corrected chi connectivity index (χ0v) is 34.5. The molecule has 10 rings (SSSR count). The predicted molar refractivity (Wildman–Crippen MR) is 260 cm³/mol. The summed E-state index contributed by atoms with van der Waals surface area (Å²) in [6.07, 6.45) is 4.39. The largest absolute Gasteiger partial charge is 0.311 e. The Bertz CT molecular complexity index is 2850. The Labute approximate surface area is 360 Å². The third-order valence-electron chi connectivity index (χ3n) is 12.1. The zero-order valence-electron chi connectivity index (χ0n) is 34.5. The van der Waals surface area contributed by atoms with E-state index in [1.54, 1.807) is 0 Å². The van der Waals surface area contributed by atoms with Gasteiger partial charge in [-0.2, -0.15) is 0 Å². The van der Waals surface area contributed by atoms with Crippen LogP contribution in [-0.4, -0.2) is 0 Å². The summed E-state index contributed by atoms with van der Waals surface area (Å²) in [4.78, 5) is 4.69. The smallest absolute Gasteiger partial charge is 0.0465 e. The average molecular weight is 783 g/mol. The maximum Gasteiger partial charge on any atom is 0.0465 e. The van der Waals surface area contributed by atoms with E-state index in [1.165, 1.54) is 44.5 Å². The summed E-state index contributed by atoms with van der Waals surface area (Å²) < 4.78 is 0. The molecule has 1 aliphatic carbocycles. The number of hydrogen-bond acceptors (Lipinski definition) is 2. The maximum absolute atomic E-state index is 2.39. The molecule has 0 aliphatic heterocycles. The molecule has 0 bridgehead atoms. The lowest BCUT2D eigenvalue weighted by atomic mass is 9.82. The van der Waals surface area contributed by atoms with E-state index in [-0.39, 0.29) is 5.41 Å². The molecule has 0 atom stereocenters. The normalized spacial score (nSPS) is 12.5. The van der Waals surface area contributed by atoms with Gasteiger partial charge in [0.25, 0.3) is 0 Å². The molecule has 0 fully saturated rings. The van der Waals surface area contributed by atoms with E-state index in [0.717, 1.165) is 45.3 Å². The van der Waals surface area contributed by atoms with Gasteiger partial charge in [-0.1, -0.05) is 184 Å². The Balaban J connectivity index is 0.917. The highest BCUT2D eigenvalue weighted by Crippen LogP contribution is 2.50. The molecule has 0 unspecified atom stereocenters. The van der Waals surface area contributed by atoms with E-state index in [4.69, 9.17) is 0 Å². The zero-order chi connectivity index (χ0) is 41.2. The van der Waals surface area contributed by atoms with Crippen LogP contribution < -0.4 is 9.80 Å². The standard InChI is InChI=1S/C59H46N2/c1-59(2)57-21-13-12-20-55(57)56-41-40-54(42-58(56)59)61(49-18-10-5-11-19-49)51-34-26-44(27-35-51)23-22-43-24-32-50(33-25-43)60(52-36-28-47(29-37-52)45-14-6-3-7-15-45)53-38-30-48(31-39-53)46-16-8-4-9-17-46/h3-42H,1-2H3/b23-22+. The van der Waals surface area contributed by atoms with Crippen LogP contribution in [0.25, 0.3) is 45.5 Å². The van der Waals surface area contributed by atoms with Gasteiger partial charge in [0, 0.05) is 39.5 Å². The first-order valence-electron chi connectivity index (χ1n) is 21.1. The number of para-hydroxylation sites is 1. The molecule has 61 heavy (non-hydrogen) atoms. The topological polar surface area (TPSA) is 6.48 Å². The molecular weight excluding hydrogens is 737 g/mol. The van der Waals surface area contributed by atoms with Gasteiger partial charge in [0.1, 0.15) is 0 Å². The van der Waals surface area contributed by atoms with Gasteiger partial charge in [-0.15, -0.1) is 0 Å². The molecule has 0 spiro atoms. The van der Waals surface area contributed by atoms with E-state index < -0.39 is 0 Å². The Kier molecular flexibility index (Phi) is 9.96. The summed E-state index contributed by atoms with van der Waals surface area (Å²) in [5.74, 6) is 0. The van der Waals surface area contributed by atoms with E-state index in [2.05, 4.69) is 266 Å². The van der Waals surface area contributed by atoms with E-state index in [0.29, 0.717) is 0 Å². The molecule has 0 N–H and O–H groups in total. The Morgan fingerprint density at radius 3 is 1.13 bits per heavy atom. The van der Waals surface area contributed by atoms with Crippen LogP contribution in [0.15, 0.2) is 231 Å². The first kappa shape index (κ1) is 37.6. The van der Waals surface area contributed by atoms with Crippen molar-refractivity contribution in [1.82, 2.24) is 0 Å². The van der Waals surface area contributed by atoms with Crippen LogP contribution in [0.5, 0.6) is 0 Å². The Hall–Kier alpha value is -7.68. The van der Waals surface area contributed by atoms with Gasteiger partial charge in [-0.3, -0.25) is 0 Å². The minimum Gasteiger partial charge on any atom is -0.311 e. The maximum atomic E-state index is 2.39. The number of anilines is 6. The lowest BCUT2D eigenvalue weighted by molar-refractivity contribution is 0.660. The van der Waals surface area contributed by atoms with Crippen LogP contribution in [0, 0.1) is 0 Å². The quantitative estimate of drug-likeness (QED) is 0.128. The van der Waals surface area contributed by atoms with E-state index >= 15 is 0 Å². The second kappa shape index (κ2) is 16.2. The molecule has 0 amide bonds. The average Bonchev–Trinajstić information content (AvgIpc) is 3.56. The van der Waals surface area contributed by atoms with Crippen molar-refractivity contribution in [3.63, 3.8) is 0 Å². The van der Waals surface area contributed by atoms with Crippen molar-refractivity contribution in [2.45, 2.75) is 19.3 Å². The van der Waals surface area contributed by atoms with Gasteiger partial charge < -0.3 is 9.80 Å². The first-order valence-corrected chi connectivity index (χ1v) is 21.1. The Morgan fingerprint density at radius 1 is 0.295 bits per heavy atom. The van der Waals surface area contributed by atoms with Crippen molar-refractivity contribution in [2.75, 3.05) is 9.80 Å². The second-order valence-electron chi connectivity index (χ2n) is 16.2. The van der Waals surface area contributed by atoms with Gasteiger partial charge in [0.05, 0.1) is 0 Å². The van der Waals surface area contributed by atoms with Crippen molar-refractivity contribution in [3.8, 4) is 33.4 Å². The van der Waals surface area contributed by atoms with Crippen molar-refractivity contribution in [3.05, 3.63) is 253 Å². The molecule has 0 heterocycles. The van der Waals surface area contributed by atoms with Gasteiger partial charge in [-0.25, -0.2) is 0 Å². The van der Waals surface area contributed by atoms with Crippen LogP contribution in [0.1, 0.15) is 36.1 Å². The molecule has 9 aromatic rings. The number of hydrogen-bond donors (Lipinski definition) is 0. The summed E-state index contributed by atoms with van der Waals surface area (Å²) in [6, 6.07) is 83.0. The molecule has 2 heteroatoms. The highest BCUT2D eigenvalue weighted by Gasteiger charge is 2.35. The molecule has 0 saturated carbocycles. The number of rotatable bonds is 10. The lowest BCUT2D eigenvalue weighted by Crippen LogP contribution is -2.16. The summed E-state index contributed by atoms with van der Waals surface area (Å²) in [5, 5.41) is 0. The lowest BCUT2D eigenvalue weighted by Gasteiger charge is -2.28. The third-order valence-corrected chi connectivity index (χ3v) is 12.1. The van der Waals surface area contributed by atoms with E-state index in [1.807, 2.05) is 0 Å². The van der Waals surface area contributed by atoms with Gasteiger partial charge in [-0.05, 0) is 128 Å². The highest BCUT2D eigenvalue weighted by molar-refractivity contribution is 5.86. The molecule has 1 aliphatic rings. The van der Waals surface area contributed by atoms with Crippen LogP contribution in [-0.2, 0) is 5.41 Å². The van der Waals surface area contributed by atoms with Crippen molar-refractivity contribution in [1.29, 1.82) is 0 Å². The van der Waals surface area contributed by atoms with Gasteiger partial charge in [0.2, 0.25) is 0 Å². The molecule has 9 aromatic carbocycles. The summed E-state index contributed by atoms with van der Waals surface area (Å²) >= 11 is 0. The Morgan fingerprint density at radius 2 is 0.639 bits per heavy atom. The third kappa shape index (κ3) is 7.45. The van der Waals surface area contributed by atoms with Crippen LogP contribution in [0.2, 0.25) is 0 Å². The predicted octanol–water partition coefficient (Wildman–Crippen LogP) is 16.4. The number of fused-ring (bicyclic) bond motifs is 3. The number of benzene rings is 9. The van der Waals surface area contributed by atoms with Gasteiger partial charge in [0.15, 0.2) is 0 Å². The fourth-order valence-electron chi connectivity index (χ4n) is 8.83. The van der Waals surface area contributed by atoms with Gasteiger partial charge >= 0.3 is 0 Å². The molecule has 0 aromatic heterocycles. The van der Waals surface area contributed by atoms with Crippen LogP contribution >= 0.6 is 0 Å². The fourth-order valence-corrected chi connectivity index (χ4v) is 8.83. The summed E-state index contributed by atoms with van der Waals surface area (Å²) in [7, 11) is 0. The van der Waals surface area contributed by atoms with Crippen molar-refractivity contribution >= 4 is 46.3 Å². The molecule has 292 valence electrons. The SMILES string of the molecule is CC1(C)c2ccccc2-c2ccc(N(c3ccccc3)c3ccc(/C=C/c4ccc(N(c5ccc(-c6ccccc6)cc5)c5ccc(-c6ccccc6)cc5)cc4)cc3)cc21. The molecular formula is C59H46N2. The van der Waals surface area contributed by atoms with E-state index in [9.17, 15) is 0 Å². The minimum atomic E-state index is -0.0717. The first-order chi connectivity index (χ1) is 30.0. The monoisotopic (exact) mass is 782 g/mol. The summed E-state index contributed by atoms with van der Waals surface area (Å²) in [5.41, 5.74) is 19.2. The minimum absolute atomic E-state index is 0.0717. The second-order valence-corrected chi connectivity index (χ2v) is 16.2. The molecule has 2 nitrogen and oxygen atoms in total. The van der Waals surface area contributed by atoms with Crippen LogP contribution in [0.3, 0.4) is 0 Å². The van der Waals surface area contributed by atoms with Crippen molar-refractivity contribution < 1.29 is 0 Å². The van der Waals surface area contributed by atoms with Crippen molar-refractivity contribution in [2.24, 2.45) is 0 Å². The highest BCUT2D eigenvalue weighted by atomic mass is 15.1. The fraction of sp³-hybridized carbons (Fsp3) is 0.0508.